The minimum absolute atomic E-state index is 0.0178. The van der Waals surface area contributed by atoms with Gasteiger partial charge in [0.25, 0.3) is 0 Å². The second kappa shape index (κ2) is 12.5. The number of carbonyl (C=O) groups is 2. The Hall–Kier alpha value is -2.47. The van der Waals surface area contributed by atoms with Crippen LogP contribution in [0.4, 0.5) is 0 Å². The summed E-state index contributed by atoms with van der Waals surface area (Å²) in [4.78, 5) is 27.9. The summed E-state index contributed by atoms with van der Waals surface area (Å²) in [6.07, 6.45) is 0.552. The van der Waals surface area contributed by atoms with Gasteiger partial charge in [-0.2, -0.15) is 0 Å². The lowest BCUT2D eigenvalue weighted by Crippen LogP contribution is -2.50. The second-order valence-electron chi connectivity index (χ2n) is 8.45. The normalized spacial score (nSPS) is 11.8. The van der Waals surface area contributed by atoms with E-state index in [0.29, 0.717) is 18.7 Å². The van der Waals surface area contributed by atoms with Gasteiger partial charge in [-0.3, -0.25) is 9.59 Å². The first-order valence-corrected chi connectivity index (χ1v) is 12.3. The molecule has 0 aliphatic heterocycles. The quantitative estimate of drug-likeness (QED) is 0.524. The Balaban J connectivity index is 2.17. The molecule has 2 aromatic rings. The van der Waals surface area contributed by atoms with E-state index in [-0.39, 0.29) is 17.9 Å². The average molecular weight is 457 g/mol. The summed E-state index contributed by atoms with van der Waals surface area (Å²) >= 11 is 1.58. The molecule has 0 radical (unpaired) electrons. The predicted octanol–water partition coefficient (Wildman–Crippen LogP) is 4.88. The van der Waals surface area contributed by atoms with Crippen LogP contribution in [0.25, 0.3) is 0 Å². The molecule has 2 aromatic carbocycles. The molecule has 0 aliphatic carbocycles. The van der Waals surface area contributed by atoms with E-state index in [2.05, 4.69) is 37.4 Å². The second-order valence-corrected chi connectivity index (χ2v) is 9.43. The van der Waals surface area contributed by atoms with Gasteiger partial charge >= 0.3 is 0 Å². The summed E-state index contributed by atoms with van der Waals surface area (Å²) in [6, 6.07) is 13.6. The molecule has 0 saturated heterocycles. The summed E-state index contributed by atoms with van der Waals surface area (Å²) in [5, 5.41) is 2.97. The highest BCUT2D eigenvalue weighted by molar-refractivity contribution is 7.99. The van der Waals surface area contributed by atoms with Gasteiger partial charge in [0.2, 0.25) is 11.8 Å². The molecule has 2 rings (SSSR count). The first-order valence-electron chi connectivity index (χ1n) is 11.1. The number of rotatable bonds is 11. The van der Waals surface area contributed by atoms with Crippen molar-refractivity contribution in [2.24, 2.45) is 0 Å². The molecule has 174 valence electrons. The van der Waals surface area contributed by atoms with Crippen molar-refractivity contribution in [1.29, 1.82) is 0 Å². The number of methoxy groups -OCH3 is 1. The van der Waals surface area contributed by atoms with Crippen molar-refractivity contribution in [2.75, 3.05) is 12.9 Å². The van der Waals surface area contributed by atoms with Gasteiger partial charge in [0, 0.05) is 18.3 Å². The predicted molar refractivity (Wildman–Crippen MR) is 133 cm³/mol. The van der Waals surface area contributed by atoms with Crippen LogP contribution in [-0.2, 0) is 21.9 Å². The third kappa shape index (κ3) is 7.90. The molecule has 0 aliphatic rings. The fourth-order valence-corrected chi connectivity index (χ4v) is 4.60. The lowest BCUT2D eigenvalue weighted by Gasteiger charge is -2.31. The van der Waals surface area contributed by atoms with E-state index < -0.39 is 6.04 Å². The molecule has 0 unspecified atom stereocenters. The van der Waals surface area contributed by atoms with Gasteiger partial charge in [-0.05, 0) is 57.4 Å². The molecule has 0 aromatic heterocycles. The molecule has 6 heteroatoms. The minimum Gasteiger partial charge on any atom is -0.497 e. The Morgan fingerprint density at radius 1 is 1.06 bits per heavy atom. The van der Waals surface area contributed by atoms with Crippen LogP contribution in [0.2, 0.25) is 0 Å². The molecule has 0 fully saturated rings. The van der Waals surface area contributed by atoms with E-state index in [9.17, 15) is 9.59 Å². The van der Waals surface area contributed by atoms with Gasteiger partial charge in [0.05, 0.1) is 12.9 Å². The molecule has 5 nitrogen and oxygen atoms in total. The first kappa shape index (κ1) is 25.8. The van der Waals surface area contributed by atoms with E-state index in [4.69, 9.17) is 4.74 Å². The van der Waals surface area contributed by atoms with Crippen LogP contribution in [0.15, 0.2) is 42.5 Å². The molecule has 0 saturated carbocycles. The van der Waals surface area contributed by atoms with Crippen LogP contribution in [0, 0.1) is 13.8 Å². The summed E-state index contributed by atoms with van der Waals surface area (Å²) in [6.45, 7) is 10.3. The molecule has 32 heavy (non-hydrogen) atoms. The van der Waals surface area contributed by atoms with Crippen molar-refractivity contribution in [3.8, 4) is 5.75 Å². The standard InChI is InChI=1S/C26H36N2O3S/c1-7-24(26(30)27-18(2)3)28(15-21-9-8-10-23(14-21)31-6)25(29)17-32-16-22-12-19(4)11-20(5)13-22/h8-14,18,24H,7,15-17H2,1-6H3,(H,27,30)/t24-/m1/s1. The van der Waals surface area contributed by atoms with E-state index >= 15 is 0 Å². The summed E-state index contributed by atoms with van der Waals surface area (Å²) in [5.41, 5.74) is 4.60. The Morgan fingerprint density at radius 2 is 1.75 bits per heavy atom. The topological polar surface area (TPSA) is 58.6 Å². The average Bonchev–Trinajstić information content (AvgIpc) is 2.72. The fourth-order valence-electron chi connectivity index (χ4n) is 3.76. The number of benzene rings is 2. The Labute approximate surface area is 196 Å². The molecular weight excluding hydrogens is 420 g/mol. The number of hydrogen-bond acceptors (Lipinski definition) is 4. The zero-order valence-electron chi connectivity index (χ0n) is 20.1. The maximum Gasteiger partial charge on any atom is 0.243 e. The molecule has 2 amide bonds. The number of hydrogen-bond donors (Lipinski definition) is 1. The molecule has 0 heterocycles. The van der Waals surface area contributed by atoms with Crippen molar-refractivity contribution < 1.29 is 14.3 Å². The SMILES string of the molecule is CC[C@H](C(=O)NC(C)C)N(Cc1cccc(OC)c1)C(=O)CSCc1cc(C)cc(C)c1. The number of nitrogens with zero attached hydrogens (tertiary/aromatic N) is 1. The van der Waals surface area contributed by atoms with Gasteiger partial charge in [0.15, 0.2) is 0 Å². The molecule has 0 spiro atoms. The van der Waals surface area contributed by atoms with Gasteiger partial charge < -0.3 is 15.0 Å². The van der Waals surface area contributed by atoms with E-state index in [1.165, 1.54) is 16.7 Å². The van der Waals surface area contributed by atoms with E-state index in [0.717, 1.165) is 17.1 Å². The maximum absolute atomic E-state index is 13.3. The zero-order chi connectivity index (χ0) is 23.7. The zero-order valence-corrected chi connectivity index (χ0v) is 20.9. The van der Waals surface area contributed by atoms with Crippen LogP contribution >= 0.6 is 11.8 Å². The van der Waals surface area contributed by atoms with Crippen LogP contribution < -0.4 is 10.1 Å². The lowest BCUT2D eigenvalue weighted by molar-refractivity contribution is -0.139. The van der Waals surface area contributed by atoms with Crippen LogP contribution in [0.1, 0.15) is 49.4 Å². The molecule has 0 bridgehead atoms. The largest absolute Gasteiger partial charge is 0.497 e. The smallest absolute Gasteiger partial charge is 0.243 e. The van der Waals surface area contributed by atoms with Crippen molar-refractivity contribution >= 4 is 23.6 Å². The summed E-state index contributed by atoms with van der Waals surface area (Å²) < 4.78 is 5.33. The number of nitrogens with one attached hydrogen (secondary N) is 1. The highest BCUT2D eigenvalue weighted by atomic mass is 32.2. The van der Waals surface area contributed by atoms with Crippen LogP contribution in [-0.4, -0.2) is 41.7 Å². The van der Waals surface area contributed by atoms with Gasteiger partial charge in [-0.25, -0.2) is 0 Å². The third-order valence-electron chi connectivity index (χ3n) is 5.08. The number of carbonyl (C=O) groups excluding carboxylic acids is 2. The van der Waals surface area contributed by atoms with Gasteiger partial charge in [-0.15, -0.1) is 11.8 Å². The van der Waals surface area contributed by atoms with Crippen molar-refractivity contribution in [3.63, 3.8) is 0 Å². The highest BCUT2D eigenvalue weighted by Gasteiger charge is 2.28. The Bertz CT molecular complexity index is 893. The third-order valence-corrected chi connectivity index (χ3v) is 6.07. The lowest BCUT2D eigenvalue weighted by atomic mass is 10.1. The van der Waals surface area contributed by atoms with Gasteiger partial charge in [0.1, 0.15) is 11.8 Å². The van der Waals surface area contributed by atoms with Gasteiger partial charge in [-0.1, -0.05) is 48.4 Å². The number of aryl methyl sites for hydroxylation is 2. The van der Waals surface area contributed by atoms with Crippen LogP contribution in [0.5, 0.6) is 5.75 Å². The Morgan fingerprint density at radius 3 is 2.34 bits per heavy atom. The monoisotopic (exact) mass is 456 g/mol. The van der Waals surface area contributed by atoms with Crippen LogP contribution in [0.3, 0.4) is 0 Å². The molecule has 1 atom stereocenters. The minimum atomic E-state index is -0.516. The fraction of sp³-hybridized carbons (Fsp3) is 0.462. The molecular formula is C26H36N2O3S. The maximum atomic E-state index is 13.3. The van der Waals surface area contributed by atoms with Crippen molar-refractivity contribution in [2.45, 2.75) is 65.4 Å². The Kier molecular flexibility index (Phi) is 10.1. The first-order chi connectivity index (χ1) is 15.2. The summed E-state index contributed by atoms with van der Waals surface area (Å²) in [5.74, 6) is 1.67. The van der Waals surface area contributed by atoms with Crippen molar-refractivity contribution in [3.05, 3.63) is 64.7 Å². The van der Waals surface area contributed by atoms with E-state index in [1.54, 1.807) is 23.8 Å². The number of ether oxygens (including phenoxy) is 1. The summed E-state index contributed by atoms with van der Waals surface area (Å²) in [7, 11) is 1.62. The van der Waals surface area contributed by atoms with E-state index in [1.807, 2.05) is 45.0 Å². The number of thioether (sulfide) groups is 1. The highest BCUT2D eigenvalue weighted by Crippen LogP contribution is 2.20. The molecule has 1 N–H and O–H groups in total. The van der Waals surface area contributed by atoms with Crippen molar-refractivity contribution in [1.82, 2.24) is 10.2 Å². The number of amides is 2.